The number of nitrogens with two attached hydrogens (primary N) is 1. The summed E-state index contributed by atoms with van der Waals surface area (Å²) in [6, 6.07) is 0.912. The van der Waals surface area contributed by atoms with Crippen LogP contribution in [0.1, 0.15) is 30.9 Å². The third kappa shape index (κ3) is 4.02. The van der Waals surface area contributed by atoms with Crippen LogP contribution in [0.25, 0.3) is 0 Å². The molecule has 28 heavy (non-hydrogen) atoms. The summed E-state index contributed by atoms with van der Waals surface area (Å²) in [5.41, 5.74) is 5.42. The highest BCUT2D eigenvalue weighted by Crippen LogP contribution is 2.32. The summed E-state index contributed by atoms with van der Waals surface area (Å²) < 4.78 is 47.9. The Morgan fingerprint density at radius 2 is 1.86 bits per heavy atom. The summed E-state index contributed by atoms with van der Waals surface area (Å²) in [6.07, 6.45) is 0.0752. The Morgan fingerprint density at radius 3 is 2.50 bits per heavy atom. The zero-order valence-corrected chi connectivity index (χ0v) is 14.9. The van der Waals surface area contributed by atoms with Crippen LogP contribution < -0.4 is 5.73 Å². The molecule has 2 N–H and O–H groups in total. The van der Waals surface area contributed by atoms with Gasteiger partial charge in [-0.3, -0.25) is 19.4 Å². The van der Waals surface area contributed by atoms with Gasteiger partial charge in [0.05, 0.1) is 12.6 Å². The highest BCUT2D eigenvalue weighted by molar-refractivity contribution is 6.14. The van der Waals surface area contributed by atoms with Crippen molar-refractivity contribution in [1.29, 1.82) is 0 Å². The lowest BCUT2D eigenvalue weighted by Crippen LogP contribution is -2.61. The Balaban J connectivity index is 1.79. The molecule has 2 fully saturated rings. The molecule has 3 rings (SSSR count). The van der Waals surface area contributed by atoms with Gasteiger partial charge in [-0.1, -0.05) is 12.1 Å². The van der Waals surface area contributed by atoms with Gasteiger partial charge >= 0.3 is 6.03 Å². The lowest BCUT2D eigenvalue weighted by molar-refractivity contribution is -0.149. The standard InChI is InChI=1S/C18H20F3N3O4/c19-12-3-1-2-11(8-12)16(22)18(20,21)10-23-14(25)9-15(26)24(17(23)27)13-4-6-28-7-5-13/h1-3,8,13,16H,4-7,9-10,22H2/t16-/m0/s1. The number of carbonyl (C=O) groups is 3. The second-order valence-corrected chi connectivity index (χ2v) is 6.84. The fourth-order valence-electron chi connectivity index (χ4n) is 3.37. The first-order valence-corrected chi connectivity index (χ1v) is 8.83. The number of nitrogens with zero attached hydrogens (tertiary/aromatic N) is 2. The lowest BCUT2D eigenvalue weighted by Gasteiger charge is -2.40. The van der Waals surface area contributed by atoms with Crippen molar-refractivity contribution in [3.05, 3.63) is 35.6 Å². The van der Waals surface area contributed by atoms with Gasteiger partial charge in [0.15, 0.2) is 0 Å². The van der Waals surface area contributed by atoms with Gasteiger partial charge in [0.2, 0.25) is 11.8 Å². The summed E-state index contributed by atoms with van der Waals surface area (Å²) in [6.45, 7) is -0.637. The van der Waals surface area contributed by atoms with Crippen molar-refractivity contribution in [3.63, 3.8) is 0 Å². The van der Waals surface area contributed by atoms with Gasteiger partial charge in [0.1, 0.15) is 12.2 Å². The predicted molar refractivity (Wildman–Crippen MR) is 90.7 cm³/mol. The third-order valence-electron chi connectivity index (χ3n) is 4.90. The Labute approximate surface area is 159 Å². The van der Waals surface area contributed by atoms with E-state index in [1.165, 1.54) is 12.1 Å². The SMILES string of the molecule is N[C@@H](c1cccc(F)c1)C(F)(F)CN1C(=O)CC(=O)N(C2CCOCC2)C1=O. The van der Waals surface area contributed by atoms with Gasteiger partial charge in [-0.2, -0.15) is 0 Å². The second-order valence-electron chi connectivity index (χ2n) is 6.84. The van der Waals surface area contributed by atoms with Crippen molar-refractivity contribution in [2.24, 2.45) is 5.73 Å². The molecular formula is C18H20F3N3O4. The number of barbiturate groups is 1. The molecule has 1 atom stereocenters. The number of urea groups is 1. The Morgan fingerprint density at radius 1 is 1.18 bits per heavy atom. The van der Waals surface area contributed by atoms with E-state index in [9.17, 15) is 27.6 Å². The minimum atomic E-state index is -3.72. The molecule has 1 aromatic carbocycles. The van der Waals surface area contributed by atoms with E-state index in [1.54, 1.807) is 0 Å². The minimum Gasteiger partial charge on any atom is -0.381 e. The number of alkyl halides is 2. The summed E-state index contributed by atoms with van der Waals surface area (Å²) >= 11 is 0. The molecule has 10 heteroatoms. The molecule has 0 unspecified atom stereocenters. The monoisotopic (exact) mass is 399 g/mol. The molecular weight excluding hydrogens is 379 g/mol. The molecule has 2 saturated heterocycles. The number of halogens is 3. The smallest absolute Gasteiger partial charge is 0.333 e. The fourth-order valence-corrected chi connectivity index (χ4v) is 3.37. The molecule has 0 aliphatic carbocycles. The van der Waals surface area contributed by atoms with Crippen LogP contribution in [0, 0.1) is 5.82 Å². The first kappa shape index (κ1) is 20.3. The van der Waals surface area contributed by atoms with Gasteiger partial charge in [0, 0.05) is 19.3 Å². The third-order valence-corrected chi connectivity index (χ3v) is 4.90. The van der Waals surface area contributed by atoms with E-state index < -0.39 is 54.6 Å². The molecule has 152 valence electrons. The van der Waals surface area contributed by atoms with Crippen molar-refractivity contribution in [2.45, 2.75) is 37.3 Å². The molecule has 2 aliphatic rings. The normalized spacial score (nSPS) is 20.6. The Bertz CT molecular complexity index is 783. The second kappa shape index (κ2) is 7.88. The number of rotatable bonds is 5. The fraction of sp³-hybridized carbons (Fsp3) is 0.500. The average molecular weight is 399 g/mol. The van der Waals surface area contributed by atoms with Crippen LogP contribution in [-0.2, 0) is 14.3 Å². The molecule has 2 aliphatic heterocycles. The van der Waals surface area contributed by atoms with E-state index >= 15 is 0 Å². The zero-order chi connectivity index (χ0) is 20.5. The lowest BCUT2D eigenvalue weighted by atomic mass is 10.00. The van der Waals surface area contributed by atoms with E-state index in [0.29, 0.717) is 31.0 Å². The molecule has 0 radical (unpaired) electrons. The van der Waals surface area contributed by atoms with E-state index in [2.05, 4.69) is 0 Å². The van der Waals surface area contributed by atoms with E-state index in [1.807, 2.05) is 0 Å². The maximum atomic E-state index is 14.7. The van der Waals surface area contributed by atoms with E-state index in [4.69, 9.17) is 10.5 Å². The zero-order valence-electron chi connectivity index (χ0n) is 14.9. The quantitative estimate of drug-likeness (QED) is 0.763. The van der Waals surface area contributed by atoms with Crippen LogP contribution in [0.2, 0.25) is 0 Å². The van der Waals surface area contributed by atoms with E-state index in [-0.39, 0.29) is 5.56 Å². The van der Waals surface area contributed by atoms with Crippen LogP contribution >= 0.6 is 0 Å². The first-order valence-electron chi connectivity index (χ1n) is 8.83. The summed E-state index contributed by atoms with van der Waals surface area (Å²) in [4.78, 5) is 38.2. The first-order chi connectivity index (χ1) is 13.2. The van der Waals surface area contributed by atoms with Crippen LogP contribution in [0.5, 0.6) is 0 Å². The number of imide groups is 2. The van der Waals surface area contributed by atoms with Gasteiger partial charge in [-0.25, -0.2) is 18.0 Å². The number of hydrogen-bond acceptors (Lipinski definition) is 5. The average Bonchev–Trinajstić information content (AvgIpc) is 2.65. The maximum absolute atomic E-state index is 14.7. The van der Waals surface area contributed by atoms with Crippen molar-refractivity contribution in [3.8, 4) is 0 Å². The topological polar surface area (TPSA) is 92.9 Å². The summed E-state index contributed by atoms with van der Waals surface area (Å²) in [7, 11) is 0. The number of carbonyl (C=O) groups excluding carboxylic acids is 3. The predicted octanol–water partition coefficient (Wildman–Crippen LogP) is 1.82. The number of ether oxygens (including phenoxy) is 1. The van der Waals surface area contributed by atoms with Crippen LogP contribution in [-0.4, -0.2) is 59.4 Å². The largest absolute Gasteiger partial charge is 0.381 e. The number of benzene rings is 1. The molecule has 0 spiro atoms. The summed E-state index contributed by atoms with van der Waals surface area (Å²) in [5.74, 6) is -6.17. The number of hydrogen-bond donors (Lipinski definition) is 1. The highest BCUT2D eigenvalue weighted by atomic mass is 19.3. The molecule has 4 amide bonds. The van der Waals surface area contributed by atoms with Gasteiger partial charge < -0.3 is 10.5 Å². The molecule has 7 nitrogen and oxygen atoms in total. The molecule has 2 heterocycles. The van der Waals surface area contributed by atoms with Crippen LogP contribution in [0.3, 0.4) is 0 Å². The van der Waals surface area contributed by atoms with Gasteiger partial charge in [-0.05, 0) is 30.5 Å². The van der Waals surface area contributed by atoms with Gasteiger partial charge in [-0.15, -0.1) is 0 Å². The molecule has 0 saturated carbocycles. The van der Waals surface area contributed by atoms with Crippen molar-refractivity contribution in [2.75, 3.05) is 19.8 Å². The van der Waals surface area contributed by atoms with Crippen LogP contribution in [0.4, 0.5) is 18.0 Å². The van der Waals surface area contributed by atoms with Crippen molar-refractivity contribution >= 4 is 17.8 Å². The molecule has 1 aromatic rings. The molecule has 0 aromatic heterocycles. The maximum Gasteiger partial charge on any atom is 0.333 e. The minimum absolute atomic E-state index is 0.167. The van der Waals surface area contributed by atoms with Crippen molar-refractivity contribution in [1.82, 2.24) is 9.80 Å². The molecule has 0 bridgehead atoms. The Kier molecular flexibility index (Phi) is 5.71. The Hall–Kier alpha value is -2.46. The van der Waals surface area contributed by atoms with Crippen LogP contribution in [0.15, 0.2) is 24.3 Å². The highest BCUT2D eigenvalue weighted by Gasteiger charge is 2.48. The van der Waals surface area contributed by atoms with Gasteiger partial charge in [0.25, 0.3) is 5.92 Å². The van der Waals surface area contributed by atoms with Crippen molar-refractivity contribution < 1.29 is 32.3 Å². The summed E-state index contributed by atoms with van der Waals surface area (Å²) in [5, 5.41) is 0. The number of amides is 4. The van der Waals surface area contributed by atoms with E-state index in [0.717, 1.165) is 17.0 Å².